The fourth-order valence-corrected chi connectivity index (χ4v) is 2.35. The first-order valence-electron chi connectivity index (χ1n) is 5.01. The lowest BCUT2D eigenvalue weighted by Crippen LogP contribution is -2.45. The van der Waals surface area contributed by atoms with Crippen molar-refractivity contribution in [2.45, 2.75) is 45.4 Å². The Kier molecular flexibility index (Phi) is 1.88. The van der Waals surface area contributed by atoms with E-state index in [0.29, 0.717) is 25.0 Å². The second kappa shape index (κ2) is 2.71. The highest BCUT2D eigenvalue weighted by atomic mass is 16.5. The molecule has 2 saturated heterocycles. The van der Waals surface area contributed by atoms with Crippen molar-refractivity contribution in [1.82, 2.24) is 4.90 Å². The molecule has 0 aromatic rings. The molecule has 3 heteroatoms. The van der Waals surface area contributed by atoms with Crippen LogP contribution in [0.2, 0.25) is 0 Å². The molecule has 0 bridgehead atoms. The zero-order valence-electron chi connectivity index (χ0n) is 8.54. The molecule has 0 radical (unpaired) electrons. The summed E-state index contributed by atoms with van der Waals surface area (Å²) >= 11 is 0. The minimum Gasteiger partial charge on any atom is -0.354 e. The first kappa shape index (κ1) is 9.00. The molecular formula is C10H17NO2. The molecule has 3 nitrogen and oxygen atoms in total. The monoisotopic (exact) mass is 183 g/mol. The predicted molar refractivity (Wildman–Crippen MR) is 49.1 cm³/mol. The Morgan fingerprint density at radius 2 is 2.31 bits per heavy atom. The van der Waals surface area contributed by atoms with Crippen LogP contribution in [-0.2, 0) is 9.53 Å². The molecular weight excluding hydrogens is 166 g/mol. The molecule has 74 valence electrons. The number of rotatable bonds is 1. The van der Waals surface area contributed by atoms with Crippen molar-refractivity contribution in [3.05, 3.63) is 0 Å². The number of hydrogen-bond donors (Lipinski definition) is 0. The number of fused-ring (bicyclic) bond motifs is 1. The SMILES string of the molecule is CC(C)[C@H]1CO[C@]2(C)CCC(=O)N12. The van der Waals surface area contributed by atoms with Gasteiger partial charge in [0.1, 0.15) is 5.72 Å². The van der Waals surface area contributed by atoms with E-state index in [1.54, 1.807) is 0 Å². The lowest BCUT2D eigenvalue weighted by molar-refractivity contribution is -0.137. The molecule has 2 aliphatic heterocycles. The van der Waals surface area contributed by atoms with Gasteiger partial charge in [0.2, 0.25) is 5.91 Å². The smallest absolute Gasteiger partial charge is 0.225 e. The third-order valence-electron chi connectivity index (χ3n) is 3.25. The van der Waals surface area contributed by atoms with Crippen LogP contribution in [0.3, 0.4) is 0 Å². The lowest BCUT2D eigenvalue weighted by Gasteiger charge is -2.31. The van der Waals surface area contributed by atoms with E-state index < -0.39 is 0 Å². The fourth-order valence-electron chi connectivity index (χ4n) is 2.35. The van der Waals surface area contributed by atoms with Crippen molar-refractivity contribution in [2.24, 2.45) is 5.92 Å². The summed E-state index contributed by atoms with van der Waals surface area (Å²) in [6, 6.07) is 0.292. The van der Waals surface area contributed by atoms with Gasteiger partial charge in [0, 0.05) is 12.8 Å². The molecule has 0 saturated carbocycles. The molecule has 0 N–H and O–H groups in total. The first-order valence-corrected chi connectivity index (χ1v) is 5.01. The second-order valence-corrected chi connectivity index (χ2v) is 4.56. The zero-order valence-corrected chi connectivity index (χ0v) is 8.54. The van der Waals surface area contributed by atoms with Crippen molar-refractivity contribution in [3.63, 3.8) is 0 Å². The van der Waals surface area contributed by atoms with Gasteiger partial charge in [-0.2, -0.15) is 0 Å². The predicted octanol–water partition coefficient (Wildman–Crippen LogP) is 1.38. The largest absolute Gasteiger partial charge is 0.354 e. The van der Waals surface area contributed by atoms with Gasteiger partial charge in [-0.1, -0.05) is 13.8 Å². The summed E-state index contributed by atoms with van der Waals surface area (Å²) in [4.78, 5) is 13.6. The van der Waals surface area contributed by atoms with Crippen LogP contribution >= 0.6 is 0 Å². The van der Waals surface area contributed by atoms with E-state index in [0.717, 1.165) is 6.42 Å². The summed E-state index contributed by atoms with van der Waals surface area (Å²) < 4.78 is 5.71. The van der Waals surface area contributed by atoms with Crippen molar-refractivity contribution < 1.29 is 9.53 Å². The molecule has 2 aliphatic rings. The molecule has 0 spiro atoms. The van der Waals surface area contributed by atoms with Crippen molar-refractivity contribution >= 4 is 5.91 Å². The van der Waals surface area contributed by atoms with E-state index in [-0.39, 0.29) is 11.6 Å². The number of nitrogens with zero attached hydrogens (tertiary/aromatic N) is 1. The molecule has 13 heavy (non-hydrogen) atoms. The van der Waals surface area contributed by atoms with Crippen molar-refractivity contribution in [1.29, 1.82) is 0 Å². The molecule has 0 aliphatic carbocycles. The van der Waals surface area contributed by atoms with Crippen LogP contribution in [0.25, 0.3) is 0 Å². The highest BCUT2D eigenvalue weighted by molar-refractivity contribution is 5.80. The third kappa shape index (κ3) is 1.17. The van der Waals surface area contributed by atoms with Gasteiger partial charge in [-0.3, -0.25) is 4.79 Å². The lowest BCUT2D eigenvalue weighted by atomic mass is 10.0. The molecule has 0 aromatic heterocycles. The molecule has 0 unspecified atom stereocenters. The summed E-state index contributed by atoms with van der Waals surface area (Å²) in [6.45, 7) is 7.02. The van der Waals surface area contributed by atoms with E-state index in [9.17, 15) is 4.79 Å². The van der Waals surface area contributed by atoms with E-state index in [1.807, 2.05) is 11.8 Å². The average molecular weight is 183 g/mol. The summed E-state index contributed by atoms with van der Waals surface area (Å²) in [5.74, 6) is 0.752. The van der Waals surface area contributed by atoms with Gasteiger partial charge in [-0.05, 0) is 12.8 Å². The van der Waals surface area contributed by atoms with Crippen LogP contribution < -0.4 is 0 Å². The Bertz CT molecular complexity index is 239. The van der Waals surface area contributed by atoms with Crippen LogP contribution in [0.4, 0.5) is 0 Å². The second-order valence-electron chi connectivity index (χ2n) is 4.56. The minimum absolute atomic E-state index is 0.263. The van der Waals surface area contributed by atoms with E-state index in [2.05, 4.69) is 13.8 Å². The van der Waals surface area contributed by atoms with E-state index in [1.165, 1.54) is 0 Å². The fraction of sp³-hybridized carbons (Fsp3) is 0.900. The molecule has 2 heterocycles. The van der Waals surface area contributed by atoms with Gasteiger partial charge < -0.3 is 9.64 Å². The Morgan fingerprint density at radius 1 is 1.62 bits per heavy atom. The number of hydrogen-bond acceptors (Lipinski definition) is 2. The number of ether oxygens (including phenoxy) is 1. The van der Waals surface area contributed by atoms with Gasteiger partial charge >= 0.3 is 0 Å². The Hall–Kier alpha value is -0.570. The van der Waals surface area contributed by atoms with Crippen molar-refractivity contribution in [2.75, 3.05) is 6.61 Å². The topological polar surface area (TPSA) is 29.5 Å². The maximum atomic E-state index is 11.6. The van der Waals surface area contributed by atoms with Gasteiger partial charge in [0.05, 0.1) is 12.6 Å². The average Bonchev–Trinajstić information content (AvgIpc) is 2.50. The van der Waals surface area contributed by atoms with Gasteiger partial charge in [-0.25, -0.2) is 0 Å². The first-order chi connectivity index (χ1) is 6.04. The Labute approximate surface area is 79.0 Å². The highest BCUT2D eigenvalue weighted by Crippen LogP contribution is 2.39. The Morgan fingerprint density at radius 3 is 2.92 bits per heavy atom. The van der Waals surface area contributed by atoms with Crippen LogP contribution in [0.1, 0.15) is 33.6 Å². The van der Waals surface area contributed by atoms with Gasteiger partial charge in [0.25, 0.3) is 0 Å². The Balaban J connectivity index is 2.25. The maximum absolute atomic E-state index is 11.6. The standard InChI is InChI=1S/C10H17NO2/c1-7(2)8-6-13-10(3)5-4-9(12)11(8)10/h7-8H,4-6H2,1-3H3/t8-,10-/m1/s1. The molecule has 0 aromatic carbocycles. The summed E-state index contributed by atoms with van der Waals surface area (Å²) in [7, 11) is 0. The van der Waals surface area contributed by atoms with Crippen LogP contribution in [-0.4, -0.2) is 29.2 Å². The molecule has 2 rings (SSSR count). The zero-order chi connectivity index (χ0) is 9.64. The quantitative estimate of drug-likeness (QED) is 0.614. The minimum atomic E-state index is -0.286. The van der Waals surface area contributed by atoms with Crippen molar-refractivity contribution in [3.8, 4) is 0 Å². The van der Waals surface area contributed by atoms with Crippen LogP contribution in [0, 0.1) is 5.92 Å². The maximum Gasteiger partial charge on any atom is 0.225 e. The number of carbonyl (C=O) groups is 1. The number of amides is 1. The molecule has 1 amide bonds. The highest BCUT2D eigenvalue weighted by Gasteiger charge is 2.51. The third-order valence-corrected chi connectivity index (χ3v) is 3.25. The van der Waals surface area contributed by atoms with Crippen LogP contribution in [0.15, 0.2) is 0 Å². The number of carbonyl (C=O) groups excluding carboxylic acids is 1. The molecule has 2 atom stereocenters. The normalized spacial score (nSPS) is 38.9. The van der Waals surface area contributed by atoms with E-state index >= 15 is 0 Å². The summed E-state index contributed by atoms with van der Waals surface area (Å²) in [5.41, 5.74) is -0.286. The molecule has 2 fully saturated rings. The van der Waals surface area contributed by atoms with Crippen LogP contribution in [0.5, 0.6) is 0 Å². The van der Waals surface area contributed by atoms with Gasteiger partial charge in [-0.15, -0.1) is 0 Å². The van der Waals surface area contributed by atoms with E-state index in [4.69, 9.17) is 4.74 Å². The van der Waals surface area contributed by atoms with Gasteiger partial charge in [0.15, 0.2) is 0 Å². The summed E-state index contributed by atoms with van der Waals surface area (Å²) in [5, 5.41) is 0. The summed E-state index contributed by atoms with van der Waals surface area (Å²) in [6.07, 6.45) is 1.51.